The van der Waals surface area contributed by atoms with Crippen LogP contribution in [0.25, 0.3) is 22.3 Å². The van der Waals surface area contributed by atoms with Crippen molar-refractivity contribution in [3.05, 3.63) is 126 Å². The molecule has 5 aromatic rings. The van der Waals surface area contributed by atoms with Crippen molar-refractivity contribution in [3.8, 4) is 17.1 Å². The highest BCUT2D eigenvalue weighted by molar-refractivity contribution is 5.98. The van der Waals surface area contributed by atoms with Gasteiger partial charge < -0.3 is 19.6 Å². The van der Waals surface area contributed by atoms with E-state index in [1.165, 1.54) is 0 Å². The lowest BCUT2D eigenvalue weighted by atomic mass is 9.98. The second kappa shape index (κ2) is 12.1. The Kier molecular flexibility index (Phi) is 8.03. The number of nitrogens with one attached hydrogen (secondary N) is 1. The molecule has 1 heterocycles. The predicted octanol–water partition coefficient (Wildman–Crippen LogP) is 7.25. The van der Waals surface area contributed by atoms with E-state index in [2.05, 4.69) is 5.32 Å². The molecule has 0 saturated carbocycles. The van der Waals surface area contributed by atoms with Crippen molar-refractivity contribution in [1.29, 1.82) is 0 Å². The Bertz CT molecular complexity index is 1500. The second-order valence-corrected chi connectivity index (χ2v) is 9.31. The minimum Gasteiger partial charge on any atom is -0.494 e. The Morgan fingerprint density at radius 1 is 0.795 bits per heavy atom. The molecular formula is C33H29NO5. The van der Waals surface area contributed by atoms with Gasteiger partial charge in [0.15, 0.2) is 0 Å². The average Bonchev–Trinajstić information content (AvgIpc) is 3.40. The van der Waals surface area contributed by atoms with Crippen LogP contribution in [-0.2, 0) is 4.79 Å². The van der Waals surface area contributed by atoms with Crippen molar-refractivity contribution in [2.24, 2.45) is 0 Å². The first-order chi connectivity index (χ1) is 19.1. The van der Waals surface area contributed by atoms with E-state index in [1.54, 1.807) is 6.07 Å². The van der Waals surface area contributed by atoms with Crippen LogP contribution < -0.4 is 10.1 Å². The van der Waals surface area contributed by atoms with Crippen LogP contribution in [-0.4, -0.2) is 23.6 Å². The molecule has 0 fully saturated rings. The van der Waals surface area contributed by atoms with Crippen molar-refractivity contribution >= 4 is 22.8 Å². The number of rotatable bonds is 11. The lowest BCUT2D eigenvalue weighted by molar-refractivity contribution is -0.137. The van der Waals surface area contributed by atoms with Crippen molar-refractivity contribution < 1.29 is 23.8 Å². The molecule has 0 unspecified atom stereocenters. The number of ether oxygens (including phenoxy) is 1. The second-order valence-electron chi connectivity index (χ2n) is 9.31. The minimum absolute atomic E-state index is 0.151. The van der Waals surface area contributed by atoms with Gasteiger partial charge in [-0.25, -0.2) is 0 Å². The third-order valence-electron chi connectivity index (χ3n) is 6.51. The number of carbonyl (C=O) groups is 2. The van der Waals surface area contributed by atoms with E-state index in [9.17, 15) is 9.59 Å². The molecule has 39 heavy (non-hydrogen) atoms. The first-order valence-electron chi connectivity index (χ1n) is 13.0. The van der Waals surface area contributed by atoms with Gasteiger partial charge in [-0.1, -0.05) is 60.7 Å². The van der Waals surface area contributed by atoms with Crippen LogP contribution in [0.15, 0.2) is 114 Å². The van der Waals surface area contributed by atoms with Crippen molar-refractivity contribution in [1.82, 2.24) is 5.32 Å². The number of carboxylic acid groups (broad SMARTS) is 1. The number of furan rings is 1. The fourth-order valence-corrected chi connectivity index (χ4v) is 4.48. The van der Waals surface area contributed by atoms with Crippen LogP contribution in [0, 0.1) is 0 Å². The largest absolute Gasteiger partial charge is 0.494 e. The number of unbranched alkanes of at least 4 members (excludes halogenated alkanes) is 1. The monoisotopic (exact) mass is 519 g/mol. The molecule has 0 spiro atoms. The highest BCUT2D eigenvalue weighted by Gasteiger charge is 2.18. The lowest BCUT2D eigenvalue weighted by Gasteiger charge is -2.20. The Morgan fingerprint density at radius 3 is 2.10 bits per heavy atom. The van der Waals surface area contributed by atoms with Crippen molar-refractivity contribution in [2.75, 3.05) is 6.61 Å². The summed E-state index contributed by atoms with van der Waals surface area (Å²) in [6, 6.07) is 34.5. The number of hydrogen-bond acceptors (Lipinski definition) is 4. The molecule has 0 aliphatic carbocycles. The molecule has 1 amide bonds. The van der Waals surface area contributed by atoms with Crippen LogP contribution in [0.3, 0.4) is 0 Å². The molecule has 0 atom stereocenters. The quantitative estimate of drug-likeness (QED) is 0.179. The third-order valence-corrected chi connectivity index (χ3v) is 6.51. The number of benzene rings is 4. The molecule has 2 N–H and O–H groups in total. The standard InChI is InChI=1S/C33H29NO5/c35-31(36)13-7-8-20-38-28-17-14-23(15-18-28)30-22-27-21-26(16-19-29(27)39-30)33(37)34-32(24-9-3-1-4-10-24)25-11-5-2-6-12-25/h1-6,9-12,14-19,21-22,32H,7-8,13,20H2,(H,34,37)(H,35,36). The van der Waals surface area contributed by atoms with Crippen LogP contribution in [0.5, 0.6) is 5.75 Å². The maximum atomic E-state index is 13.3. The SMILES string of the molecule is O=C(O)CCCCOc1ccc(-c2cc3cc(C(=O)NC(c4ccccc4)c4ccccc4)ccc3o2)cc1. The number of amides is 1. The van der Waals surface area contributed by atoms with Crippen molar-refractivity contribution in [2.45, 2.75) is 25.3 Å². The molecule has 0 aliphatic heterocycles. The first kappa shape index (κ1) is 25.8. The molecule has 6 heteroatoms. The molecule has 196 valence electrons. The van der Waals surface area contributed by atoms with Crippen molar-refractivity contribution in [3.63, 3.8) is 0 Å². The Hall–Kier alpha value is -4.84. The zero-order valence-electron chi connectivity index (χ0n) is 21.4. The summed E-state index contributed by atoms with van der Waals surface area (Å²) in [7, 11) is 0. The predicted molar refractivity (Wildman–Crippen MR) is 151 cm³/mol. The summed E-state index contributed by atoms with van der Waals surface area (Å²) in [5.41, 5.74) is 4.16. The summed E-state index contributed by atoms with van der Waals surface area (Å²) in [4.78, 5) is 23.9. The zero-order chi connectivity index (χ0) is 27.0. The smallest absolute Gasteiger partial charge is 0.303 e. The summed E-state index contributed by atoms with van der Waals surface area (Å²) in [6.45, 7) is 0.470. The molecule has 0 bridgehead atoms. The molecule has 1 aromatic heterocycles. The van der Waals surface area contributed by atoms with Gasteiger partial charge in [0, 0.05) is 22.9 Å². The fraction of sp³-hybridized carbons (Fsp3) is 0.152. The molecule has 5 rings (SSSR count). The highest BCUT2D eigenvalue weighted by Crippen LogP contribution is 2.30. The summed E-state index contributed by atoms with van der Waals surface area (Å²) in [6.07, 6.45) is 1.43. The molecule has 0 aliphatic rings. The summed E-state index contributed by atoms with van der Waals surface area (Å²) < 4.78 is 11.8. The van der Waals surface area contributed by atoms with Gasteiger partial charge >= 0.3 is 5.97 Å². The van der Waals surface area contributed by atoms with Gasteiger partial charge in [-0.05, 0) is 72.5 Å². The van der Waals surface area contributed by atoms with E-state index in [-0.39, 0.29) is 18.4 Å². The topological polar surface area (TPSA) is 88.8 Å². The Labute approximate surface area is 226 Å². The number of hydrogen-bond donors (Lipinski definition) is 2. The van der Waals surface area contributed by atoms with Gasteiger partial charge in [0.2, 0.25) is 0 Å². The Balaban J connectivity index is 1.28. The van der Waals surface area contributed by atoms with E-state index in [0.29, 0.717) is 36.4 Å². The van der Waals surface area contributed by atoms with Crippen LogP contribution in [0.2, 0.25) is 0 Å². The Morgan fingerprint density at radius 2 is 1.46 bits per heavy atom. The maximum Gasteiger partial charge on any atom is 0.303 e. The van der Waals surface area contributed by atoms with E-state index in [1.807, 2.05) is 103 Å². The van der Waals surface area contributed by atoms with Crippen LogP contribution in [0.1, 0.15) is 46.8 Å². The van der Waals surface area contributed by atoms with Gasteiger partial charge in [-0.15, -0.1) is 0 Å². The highest BCUT2D eigenvalue weighted by atomic mass is 16.5. The summed E-state index contributed by atoms with van der Waals surface area (Å²) >= 11 is 0. The minimum atomic E-state index is -0.790. The zero-order valence-corrected chi connectivity index (χ0v) is 21.4. The van der Waals surface area contributed by atoms with E-state index in [4.69, 9.17) is 14.3 Å². The number of carboxylic acids is 1. The first-order valence-corrected chi connectivity index (χ1v) is 13.0. The average molecular weight is 520 g/mol. The normalized spacial score (nSPS) is 11.0. The van der Waals surface area contributed by atoms with Crippen LogP contribution in [0.4, 0.5) is 0 Å². The van der Waals surface area contributed by atoms with Gasteiger partial charge in [0.1, 0.15) is 17.1 Å². The lowest BCUT2D eigenvalue weighted by Crippen LogP contribution is -2.29. The van der Waals surface area contributed by atoms with Gasteiger partial charge in [0.25, 0.3) is 5.91 Å². The van der Waals surface area contributed by atoms with Gasteiger partial charge in [-0.2, -0.15) is 0 Å². The summed E-state index contributed by atoms with van der Waals surface area (Å²) in [5.74, 6) is 0.459. The van der Waals surface area contributed by atoms with Gasteiger partial charge in [0.05, 0.1) is 12.6 Å². The molecule has 0 radical (unpaired) electrons. The molecule has 0 saturated heterocycles. The van der Waals surface area contributed by atoms with Crippen LogP contribution >= 0.6 is 0 Å². The van der Waals surface area contributed by atoms with Gasteiger partial charge in [-0.3, -0.25) is 9.59 Å². The third kappa shape index (κ3) is 6.54. The molecular weight excluding hydrogens is 490 g/mol. The molecule has 6 nitrogen and oxygen atoms in total. The fourth-order valence-electron chi connectivity index (χ4n) is 4.48. The number of fused-ring (bicyclic) bond motifs is 1. The van der Waals surface area contributed by atoms with E-state index < -0.39 is 5.97 Å². The molecule has 4 aromatic carbocycles. The number of aliphatic carboxylic acids is 1. The van der Waals surface area contributed by atoms with E-state index in [0.717, 1.165) is 27.8 Å². The summed E-state index contributed by atoms with van der Waals surface area (Å²) in [5, 5.41) is 12.7. The van der Waals surface area contributed by atoms with E-state index >= 15 is 0 Å². The maximum absolute atomic E-state index is 13.3. The number of carbonyl (C=O) groups excluding carboxylic acids is 1.